The molecule has 6 heteroatoms. The Hall–Kier alpha value is -1.30. The lowest BCUT2D eigenvalue weighted by Crippen LogP contribution is -2.61. The highest BCUT2D eigenvalue weighted by atomic mass is 16.5. The second kappa shape index (κ2) is 6.54. The van der Waals surface area contributed by atoms with Crippen LogP contribution in [0.2, 0.25) is 0 Å². The van der Waals surface area contributed by atoms with Crippen LogP contribution in [0, 0.1) is 17.8 Å². The van der Waals surface area contributed by atoms with Crippen LogP contribution in [-0.2, 0) is 9.53 Å². The maximum atomic E-state index is 12.3. The maximum absolute atomic E-state index is 12.3. The molecule has 0 atom stereocenters. The number of carbonyl (C=O) groups is 2. The van der Waals surface area contributed by atoms with E-state index in [0.717, 1.165) is 37.0 Å². The van der Waals surface area contributed by atoms with Gasteiger partial charge in [0.05, 0.1) is 13.2 Å². The predicted octanol–water partition coefficient (Wildman–Crippen LogP) is 1.50. The third-order valence-electron chi connectivity index (χ3n) is 6.41. The Kier molecular flexibility index (Phi) is 4.41. The molecule has 4 aliphatic carbocycles. The number of hydrogen-bond acceptors (Lipinski definition) is 3. The van der Waals surface area contributed by atoms with Crippen LogP contribution in [0.4, 0.5) is 4.79 Å². The van der Waals surface area contributed by atoms with Crippen LogP contribution in [0.5, 0.6) is 0 Å². The number of nitrogens with zero attached hydrogens (tertiary/aromatic N) is 1. The quantitative estimate of drug-likeness (QED) is 0.818. The molecule has 1 aliphatic heterocycles. The van der Waals surface area contributed by atoms with Crippen molar-refractivity contribution in [1.29, 1.82) is 0 Å². The number of nitrogens with one attached hydrogen (secondary N) is 2. The first-order valence-corrected chi connectivity index (χ1v) is 9.53. The summed E-state index contributed by atoms with van der Waals surface area (Å²) < 4.78 is 5.25. The Morgan fingerprint density at radius 2 is 1.58 bits per heavy atom. The van der Waals surface area contributed by atoms with Crippen molar-refractivity contribution >= 4 is 11.9 Å². The molecule has 0 aromatic heterocycles. The van der Waals surface area contributed by atoms with E-state index in [1.165, 1.54) is 19.3 Å². The topological polar surface area (TPSA) is 70.7 Å². The van der Waals surface area contributed by atoms with Gasteiger partial charge in [-0.05, 0) is 56.3 Å². The van der Waals surface area contributed by atoms with Gasteiger partial charge in [0, 0.05) is 31.6 Å². The molecule has 0 aromatic rings. The summed E-state index contributed by atoms with van der Waals surface area (Å²) in [6.45, 7) is 2.97. The summed E-state index contributed by atoms with van der Waals surface area (Å²) in [7, 11) is 0. The number of carbonyl (C=O) groups excluding carboxylic acids is 2. The molecule has 0 spiro atoms. The lowest BCUT2D eigenvalue weighted by atomic mass is 9.53. The average molecular weight is 335 g/mol. The van der Waals surface area contributed by atoms with Gasteiger partial charge in [-0.3, -0.25) is 4.79 Å². The van der Waals surface area contributed by atoms with E-state index in [1.807, 2.05) is 4.90 Å². The minimum absolute atomic E-state index is 0.0348. The van der Waals surface area contributed by atoms with Crippen molar-refractivity contribution in [2.24, 2.45) is 17.8 Å². The van der Waals surface area contributed by atoms with Crippen LogP contribution in [0.25, 0.3) is 0 Å². The van der Waals surface area contributed by atoms with Gasteiger partial charge >= 0.3 is 6.03 Å². The van der Waals surface area contributed by atoms with E-state index in [0.29, 0.717) is 39.3 Å². The molecule has 4 saturated carbocycles. The molecular formula is C18H29N3O3. The lowest BCUT2D eigenvalue weighted by molar-refractivity contribution is -0.135. The van der Waals surface area contributed by atoms with Crippen molar-refractivity contribution in [3.05, 3.63) is 0 Å². The summed E-state index contributed by atoms with van der Waals surface area (Å²) in [5.74, 6) is 2.56. The second-order valence-corrected chi connectivity index (χ2v) is 8.32. The van der Waals surface area contributed by atoms with Crippen LogP contribution >= 0.6 is 0 Å². The fourth-order valence-corrected chi connectivity index (χ4v) is 5.80. The van der Waals surface area contributed by atoms with Gasteiger partial charge in [0.15, 0.2) is 0 Å². The second-order valence-electron chi connectivity index (χ2n) is 8.32. The Labute approximate surface area is 143 Å². The molecule has 4 bridgehead atoms. The van der Waals surface area contributed by atoms with Crippen molar-refractivity contribution in [1.82, 2.24) is 15.5 Å². The van der Waals surface area contributed by atoms with Crippen molar-refractivity contribution in [2.45, 2.75) is 50.5 Å². The van der Waals surface area contributed by atoms with Crippen LogP contribution in [0.3, 0.4) is 0 Å². The van der Waals surface area contributed by atoms with Crippen molar-refractivity contribution in [3.8, 4) is 0 Å². The number of hydrogen-bond donors (Lipinski definition) is 2. The molecule has 5 fully saturated rings. The molecule has 2 N–H and O–H groups in total. The number of morpholine rings is 1. The first-order chi connectivity index (χ1) is 11.6. The summed E-state index contributed by atoms with van der Waals surface area (Å²) in [5, 5.41) is 6.18. The van der Waals surface area contributed by atoms with Gasteiger partial charge in [-0.15, -0.1) is 0 Å². The summed E-state index contributed by atoms with van der Waals surface area (Å²) >= 11 is 0. The number of ether oxygens (including phenoxy) is 1. The third kappa shape index (κ3) is 3.39. The third-order valence-corrected chi connectivity index (χ3v) is 6.41. The Balaban J connectivity index is 1.22. The van der Waals surface area contributed by atoms with Crippen molar-refractivity contribution < 1.29 is 14.3 Å². The largest absolute Gasteiger partial charge is 0.378 e. The molecule has 5 rings (SSSR count). The highest BCUT2D eigenvalue weighted by molar-refractivity contribution is 5.78. The molecule has 24 heavy (non-hydrogen) atoms. The van der Waals surface area contributed by atoms with E-state index in [2.05, 4.69) is 10.6 Å². The van der Waals surface area contributed by atoms with Crippen molar-refractivity contribution in [2.75, 3.05) is 32.8 Å². The number of rotatable bonds is 4. The minimum Gasteiger partial charge on any atom is -0.378 e. The van der Waals surface area contributed by atoms with Gasteiger partial charge in [-0.25, -0.2) is 4.79 Å². The normalized spacial score (nSPS) is 37.3. The minimum atomic E-state index is -0.0910. The van der Waals surface area contributed by atoms with Crippen molar-refractivity contribution in [3.63, 3.8) is 0 Å². The van der Waals surface area contributed by atoms with E-state index in [-0.39, 0.29) is 17.5 Å². The smallest absolute Gasteiger partial charge is 0.315 e. The van der Waals surface area contributed by atoms with Gasteiger partial charge in [0.25, 0.3) is 0 Å². The zero-order valence-corrected chi connectivity index (χ0v) is 14.4. The Morgan fingerprint density at radius 3 is 2.17 bits per heavy atom. The van der Waals surface area contributed by atoms with Gasteiger partial charge in [0.1, 0.15) is 0 Å². The van der Waals surface area contributed by atoms with Gasteiger partial charge in [-0.2, -0.15) is 0 Å². The highest BCUT2D eigenvalue weighted by Gasteiger charge is 2.51. The molecule has 0 unspecified atom stereocenters. The van der Waals surface area contributed by atoms with E-state index < -0.39 is 0 Å². The number of urea groups is 1. The molecule has 1 heterocycles. The molecule has 0 aromatic carbocycles. The van der Waals surface area contributed by atoms with Gasteiger partial charge in [0.2, 0.25) is 5.91 Å². The standard InChI is InChI=1S/C18H29N3O3/c22-16(21-3-5-24-6-4-21)1-2-19-17(23)20-18-10-13-7-14(11-18)9-15(8-13)12-18/h13-15H,1-12H2,(H2,19,20,23). The molecule has 1 saturated heterocycles. The number of amides is 3. The molecule has 3 amide bonds. The first kappa shape index (κ1) is 16.2. The van der Waals surface area contributed by atoms with E-state index in [4.69, 9.17) is 4.74 Å². The molecule has 0 radical (unpaired) electrons. The predicted molar refractivity (Wildman–Crippen MR) is 89.5 cm³/mol. The monoisotopic (exact) mass is 335 g/mol. The summed E-state index contributed by atoms with van der Waals surface area (Å²) in [6.07, 6.45) is 7.94. The fraction of sp³-hybridized carbons (Fsp3) is 0.889. The van der Waals surface area contributed by atoms with Gasteiger partial charge in [-0.1, -0.05) is 0 Å². The highest BCUT2D eigenvalue weighted by Crippen LogP contribution is 2.55. The van der Waals surface area contributed by atoms with Crippen LogP contribution in [0.1, 0.15) is 44.9 Å². The average Bonchev–Trinajstić information content (AvgIpc) is 2.53. The van der Waals surface area contributed by atoms with Crippen LogP contribution in [0.15, 0.2) is 0 Å². The zero-order chi connectivity index (χ0) is 16.6. The van der Waals surface area contributed by atoms with Crippen LogP contribution in [-0.4, -0.2) is 55.2 Å². The van der Waals surface area contributed by atoms with E-state index >= 15 is 0 Å². The Bertz CT molecular complexity index is 466. The van der Waals surface area contributed by atoms with E-state index in [1.54, 1.807) is 0 Å². The maximum Gasteiger partial charge on any atom is 0.315 e. The molecule has 6 nitrogen and oxygen atoms in total. The summed E-state index contributed by atoms with van der Waals surface area (Å²) in [5.41, 5.74) is 0.0348. The van der Waals surface area contributed by atoms with Gasteiger partial charge < -0.3 is 20.3 Å². The first-order valence-electron chi connectivity index (χ1n) is 9.53. The van der Waals surface area contributed by atoms with Crippen LogP contribution < -0.4 is 10.6 Å². The molecule has 134 valence electrons. The lowest BCUT2D eigenvalue weighted by Gasteiger charge is -2.56. The molecule has 5 aliphatic rings. The molecular weight excluding hydrogens is 306 g/mol. The van der Waals surface area contributed by atoms with E-state index in [9.17, 15) is 9.59 Å². The zero-order valence-electron chi connectivity index (χ0n) is 14.4. The summed E-state index contributed by atoms with van der Waals surface area (Å²) in [6, 6.07) is -0.0910. The summed E-state index contributed by atoms with van der Waals surface area (Å²) in [4.78, 5) is 26.2. The SMILES string of the molecule is O=C(NCCC(=O)N1CCOCC1)NC12CC3CC(CC(C3)C1)C2. The fourth-order valence-electron chi connectivity index (χ4n) is 5.80. The Morgan fingerprint density at radius 1 is 1.00 bits per heavy atom.